The number of benzene rings is 2. The first-order chi connectivity index (χ1) is 11.9. The Morgan fingerprint density at radius 3 is 2.48 bits per heavy atom. The van der Waals surface area contributed by atoms with Gasteiger partial charge in [0, 0.05) is 30.1 Å². The van der Waals surface area contributed by atoms with Gasteiger partial charge in [0.15, 0.2) is 0 Å². The lowest BCUT2D eigenvalue weighted by Gasteiger charge is -2.28. The smallest absolute Gasteiger partial charge is 0.254 e. The van der Waals surface area contributed by atoms with Gasteiger partial charge in [-0.3, -0.25) is 9.59 Å². The minimum atomic E-state index is -0.454. The SMILES string of the molecule is COc1cc(Cl)cc(C(=O)N(C)C(CC(N)=O)Cc2ccccc2)c1. The van der Waals surface area contributed by atoms with Gasteiger partial charge in [-0.2, -0.15) is 0 Å². The first kappa shape index (κ1) is 18.8. The monoisotopic (exact) mass is 360 g/mol. The third-order valence-corrected chi connectivity index (χ3v) is 4.19. The Balaban J connectivity index is 2.25. The minimum absolute atomic E-state index is 0.0782. The van der Waals surface area contributed by atoms with Gasteiger partial charge in [-0.15, -0.1) is 0 Å². The molecule has 0 aliphatic carbocycles. The molecule has 0 saturated carbocycles. The zero-order valence-electron chi connectivity index (χ0n) is 14.2. The topological polar surface area (TPSA) is 72.6 Å². The Morgan fingerprint density at radius 1 is 1.20 bits per heavy atom. The summed E-state index contributed by atoms with van der Waals surface area (Å²) in [5.41, 5.74) is 6.80. The second-order valence-electron chi connectivity index (χ2n) is 5.81. The predicted molar refractivity (Wildman–Crippen MR) is 97.8 cm³/mol. The van der Waals surface area contributed by atoms with Crippen molar-refractivity contribution in [3.63, 3.8) is 0 Å². The highest BCUT2D eigenvalue weighted by atomic mass is 35.5. The summed E-state index contributed by atoms with van der Waals surface area (Å²) in [5, 5.41) is 0.408. The maximum atomic E-state index is 12.8. The van der Waals surface area contributed by atoms with Crippen LogP contribution in [0.5, 0.6) is 5.75 Å². The van der Waals surface area contributed by atoms with Crippen LogP contribution in [-0.2, 0) is 11.2 Å². The van der Waals surface area contributed by atoms with E-state index in [2.05, 4.69) is 0 Å². The van der Waals surface area contributed by atoms with E-state index in [1.807, 2.05) is 30.3 Å². The summed E-state index contributed by atoms with van der Waals surface area (Å²) < 4.78 is 5.16. The van der Waals surface area contributed by atoms with Gasteiger partial charge >= 0.3 is 0 Å². The Kier molecular flexibility index (Phi) is 6.42. The summed E-state index contributed by atoms with van der Waals surface area (Å²) in [4.78, 5) is 25.8. The number of nitrogens with two attached hydrogens (primary N) is 1. The molecular formula is C19H21ClN2O3. The zero-order chi connectivity index (χ0) is 18.4. The molecule has 2 amide bonds. The number of carbonyl (C=O) groups is 2. The van der Waals surface area contributed by atoms with Crippen molar-refractivity contribution >= 4 is 23.4 Å². The Hall–Kier alpha value is -2.53. The molecule has 0 aliphatic heterocycles. The normalized spacial score (nSPS) is 11.6. The third-order valence-electron chi connectivity index (χ3n) is 3.97. The summed E-state index contributed by atoms with van der Waals surface area (Å²) >= 11 is 6.05. The van der Waals surface area contributed by atoms with Crippen molar-refractivity contribution in [3.05, 3.63) is 64.7 Å². The van der Waals surface area contributed by atoms with Crippen molar-refractivity contribution in [2.75, 3.05) is 14.2 Å². The maximum absolute atomic E-state index is 12.8. The Morgan fingerprint density at radius 2 is 1.88 bits per heavy atom. The molecule has 1 atom stereocenters. The molecule has 2 aromatic carbocycles. The van der Waals surface area contributed by atoms with E-state index in [-0.39, 0.29) is 18.4 Å². The average molecular weight is 361 g/mol. The van der Waals surface area contributed by atoms with Gasteiger partial charge in [-0.25, -0.2) is 0 Å². The lowest BCUT2D eigenvalue weighted by Crippen LogP contribution is -2.41. The van der Waals surface area contributed by atoms with E-state index in [1.165, 1.54) is 12.0 Å². The van der Waals surface area contributed by atoms with Crippen LogP contribution in [0.25, 0.3) is 0 Å². The van der Waals surface area contributed by atoms with Crippen LogP contribution >= 0.6 is 11.6 Å². The number of rotatable bonds is 7. The number of ether oxygens (including phenoxy) is 1. The third kappa shape index (κ3) is 5.22. The molecular weight excluding hydrogens is 340 g/mol. The molecule has 0 spiro atoms. The highest BCUT2D eigenvalue weighted by Crippen LogP contribution is 2.23. The average Bonchev–Trinajstić information content (AvgIpc) is 2.59. The fourth-order valence-electron chi connectivity index (χ4n) is 2.64. The van der Waals surface area contributed by atoms with Crippen LogP contribution in [0.2, 0.25) is 5.02 Å². The second kappa shape index (κ2) is 8.53. The molecule has 0 aromatic heterocycles. The summed E-state index contributed by atoms with van der Waals surface area (Å²) in [7, 11) is 3.17. The fourth-order valence-corrected chi connectivity index (χ4v) is 2.86. The van der Waals surface area contributed by atoms with E-state index in [4.69, 9.17) is 22.1 Å². The van der Waals surface area contributed by atoms with Crippen LogP contribution in [0, 0.1) is 0 Å². The number of halogens is 1. The van der Waals surface area contributed by atoms with Gasteiger partial charge in [0.1, 0.15) is 5.75 Å². The summed E-state index contributed by atoms with van der Waals surface area (Å²) in [5.74, 6) is -0.203. The molecule has 25 heavy (non-hydrogen) atoms. The van der Waals surface area contributed by atoms with Crippen LogP contribution < -0.4 is 10.5 Å². The summed E-state index contributed by atoms with van der Waals surface area (Å²) in [6.07, 6.45) is 0.610. The minimum Gasteiger partial charge on any atom is -0.497 e. The number of primary amides is 1. The van der Waals surface area contributed by atoms with E-state index >= 15 is 0 Å². The van der Waals surface area contributed by atoms with Crippen LogP contribution in [0.1, 0.15) is 22.3 Å². The van der Waals surface area contributed by atoms with Crippen molar-refractivity contribution in [1.82, 2.24) is 4.90 Å². The first-order valence-electron chi connectivity index (χ1n) is 7.84. The summed E-state index contributed by atoms with van der Waals surface area (Å²) in [6, 6.07) is 14.1. The molecule has 2 rings (SSSR count). The highest BCUT2D eigenvalue weighted by Gasteiger charge is 2.24. The van der Waals surface area contributed by atoms with E-state index in [0.29, 0.717) is 22.8 Å². The number of methoxy groups -OCH3 is 1. The molecule has 0 saturated heterocycles. The van der Waals surface area contributed by atoms with Crippen LogP contribution in [-0.4, -0.2) is 36.9 Å². The van der Waals surface area contributed by atoms with Crippen molar-refractivity contribution in [2.24, 2.45) is 5.73 Å². The van der Waals surface area contributed by atoms with Crippen molar-refractivity contribution in [2.45, 2.75) is 18.9 Å². The highest BCUT2D eigenvalue weighted by molar-refractivity contribution is 6.31. The number of nitrogens with zero attached hydrogens (tertiary/aromatic N) is 1. The molecule has 0 aliphatic rings. The van der Waals surface area contributed by atoms with Gasteiger partial charge in [0.05, 0.1) is 7.11 Å². The largest absolute Gasteiger partial charge is 0.497 e. The molecule has 0 heterocycles. The molecule has 0 radical (unpaired) electrons. The molecule has 2 aromatic rings. The van der Waals surface area contributed by atoms with Crippen molar-refractivity contribution in [1.29, 1.82) is 0 Å². The molecule has 1 unspecified atom stereocenters. The van der Waals surface area contributed by atoms with E-state index in [1.54, 1.807) is 25.2 Å². The number of carbonyl (C=O) groups excluding carboxylic acids is 2. The van der Waals surface area contributed by atoms with E-state index in [0.717, 1.165) is 5.56 Å². The number of amides is 2. The number of likely N-dealkylation sites (N-methyl/N-ethyl adjacent to an activating group) is 1. The summed E-state index contributed by atoms with van der Waals surface area (Å²) in [6.45, 7) is 0. The number of hydrogen-bond acceptors (Lipinski definition) is 3. The van der Waals surface area contributed by atoms with Gasteiger partial charge in [-0.05, 0) is 30.2 Å². The number of hydrogen-bond donors (Lipinski definition) is 1. The van der Waals surface area contributed by atoms with Crippen molar-refractivity contribution < 1.29 is 14.3 Å². The molecule has 6 heteroatoms. The van der Waals surface area contributed by atoms with E-state index < -0.39 is 5.91 Å². The lowest BCUT2D eigenvalue weighted by atomic mass is 10.0. The second-order valence-corrected chi connectivity index (χ2v) is 6.25. The molecule has 2 N–H and O–H groups in total. The van der Waals surface area contributed by atoms with Gasteiger partial charge in [-0.1, -0.05) is 41.9 Å². The Bertz CT molecular complexity index is 750. The standard InChI is InChI=1S/C19H21ClN2O3/c1-22(19(24)14-9-15(20)11-17(10-14)25-2)16(12-18(21)23)8-13-6-4-3-5-7-13/h3-7,9-11,16H,8,12H2,1-2H3,(H2,21,23). The van der Waals surface area contributed by atoms with Crippen LogP contribution in [0.15, 0.2) is 48.5 Å². The van der Waals surface area contributed by atoms with Gasteiger partial charge in [0.2, 0.25) is 5.91 Å². The van der Waals surface area contributed by atoms with E-state index in [9.17, 15) is 9.59 Å². The molecule has 0 bridgehead atoms. The predicted octanol–water partition coefficient (Wildman–Crippen LogP) is 2.91. The van der Waals surface area contributed by atoms with Crippen LogP contribution in [0.4, 0.5) is 0 Å². The lowest BCUT2D eigenvalue weighted by molar-refractivity contribution is -0.118. The fraction of sp³-hybridized carbons (Fsp3) is 0.263. The maximum Gasteiger partial charge on any atom is 0.254 e. The Labute approximate surface area is 152 Å². The van der Waals surface area contributed by atoms with Gasteiger partial charge in [0.25, 0.3) is 5.91 Å². The van der Waals surface area contributed by atoms with Gasteiger partial charge < -0.3 is 15.4 Å². The van der Waals surface area contributed by atoms with Crippen LogP contribution in [0.3, 0.4) is 0 Å². The van der Waals surface area contributed by atoms with Crippen molar-refractivity contribution in [3.8, 4) is 5.75 Å². The molecule has 5 nitrogen and oxygen atoms in total. The molecule has 132 valence electrons. The molecule has 0 fully saturated rings. The first-order valence-corrected chi connectivity index (χ1v) is 8.22. The quantitative estimate of drug-likeness (QED) is 0.825. The zero-order valence-corrected chi connectivity index (χ0v) is 15.0.